The Morgan fingerprint density at radius 3 is 1.12 bits per heavy atom. The largest absolute Gasteiger partial charge is 0.743 e. The molecule has 0 radical (unpaired) electrons. The predicted octanol–water partition coefficient (Wildman–Crippen LogP) is 12.9. The fourth-order valence-corrected chi connectivity index (χ4v) is 8.71. The van der Waals surface area contributed by atoms with Crippen LogP contribution in [0, 0.1) is 3.57 Å². The Hall–Kier alpha value is -4.26. The van der Waals surface area contributed by atoms with Crippen LogP contribution in [0.4, 0.5) is 79.0 Å². The number of halogens is 19. The summed E-state index contributed by atoms with van der Waals surface area (Å²) >= 11 is 2.41. The summed E-state index contributed by atoms with van der Waals surface area (Å²) in [6, 6.07) is 48.3. The van der Waals surface area contributed by atoms with Crippen LogP contribution in [0.2, 0.25) is 0 Å². The van der Waals surface area contributed by atoms with Crippen molar-refractivity contribution in [2.45, 2.75) is 67.7 Å². The quantitative estimate of drug-likeness (QED) is 0.0576. The van der Waals surface area contributed by atoms with Crippen LogP contribution in [0.25, 0.3) is 11.1 Å². The van der Waals surface area contributed by atoms with Crippen molar-refractivity contribution in [2.75, 3.05) is 0 Å². The van der Waals surface area contributed by atoms with E-state index in [1.807, 2.05) is 0 Å². The summed E-state index contributed by atoms with van der Waals surface area (Å²) in [6.45, 7) is 0. The Balaban J connectivity index is 0.000000298. The van der Waals surface area contributed by atoms with Gasteiger partial charge in [-0.15, -0.1) is 0 Å². The molecule has 0 amide bonds. The molecule has 0 unspecified atom stereocenters. The zero-order valence-electron chi connectivity index (χ0n) is 32.3. The zero-order valence-corrected chi connectivity index (χ0v) is 36.9. The van der Waals surface area contributed by atoms with Gasteiger partial charge in [-0.2, -0.15) is 87.4 Å². The molecule has 0 saturated heterocycles. The van der Waals surface area contributed by atoms with E-state index in [1.165, 1.54) is 40.5 Å². The van der Waals surface area contributed by atoms with Gasteiger partial charge in [-0.25, -0.2) is 8.42 Å². The highest BCUT2D eigenvalue weighted by atomic mass is 127. The van der Waals surface area contributed by atoms with E-state index < -0.39 is 66.8 Å². The summed E-state index contributed by atoms with van der Waals surface area (Å²) in [5, 5.41) is -14.1. The lowest BCUT2D eigenvalue weighted by molar-refractivity contribution is -0.382. The maximum absolute atomic E-state index is 12.2. The molecule has 0 aliphatic rings. The van der Waals surface area contributed by atoms with Crippen LogP contribution in [0.3, 0.4) is 0 Å². The molecule has 1 N–H and O–H groups in total. The van der Waals surface area contributed by atoms with Gasteiger partial charge in [0, 0.05) is 3.57 Å². The van der Waals surface area contributed by atoms with Crippen molar-refractivity contribution in [3.63, 3.8) is 0 Å². The molecule has 0 atom stereocenters. The minimum absolute atomic E-state index is 0.0967. The molecule has 5 rings (SSSR count). The molecule has 0 spiro atoms. The molecule has 28 heteroatoms. The van der Waals surface area contributed by atoms with E-state index in [9.17, 15) is 100 Å². The molecule has 0 fully saturated rings. The van der Waals surface area contributed by atoms with Gasteiger partial charge in [0.15, 0.2) is 24.8 Å². The van der Waals surface area contributed by atoms with Gasteiger partial charge < -0.3 is 4.55 Å². The van der Waals surface area contributed by atoms with Crippen molar-refractivity contribution >= 4 is 53.7 Å². The van der Waals surface area contributed by atoms with E-state index in [4.69, 9.17) is 4.55 Å². The second-order valence-corrected chi connectivity index (χ2v) is 19.3. The van der Waals surface area contributed by atoms with Gasteiger partial charge in [0.25, 0.3) is 0 Å². The fraction of sp³-hybridized carbons (Fsp3) is 0.231. The zero-order chi connectivity index (χ0) is 51.5. The second kappa shape index (κ2) is 20.4. The molecule has 0 heterocycles. The number of alkyl halides is 18. The number of benzene rings is 5. The van der Waals surface area contributed by atoms with Gasteiger partial charge >= 0.3 is 56.7 Å². The maximum atomic E-state index is 12.2. The molecule has 0 bridgehead atoms. The third kappa shape index (κ3) is 12.1. The first-order valence-electron chi connectivity index (χ1n) is 17.4. The van der Waals surface area contributed by atoms with Crippen LogP contribution in [0.1, 0.15) is 11.1 Å². The fourth-order valence-electron chi connectivity index (χ4n) is 5.04. The van der Waals surface area contributed by atoms with Crippen LogP contribution >= 0.6 is 22.6 Å². The molecule has 6 nitrogen and oxygen atoms in total. The summed E-state index contributed by atoms with van der Waals surface area (Å²) in [7, 11) is -14.7. The second-order valence-electron chi connectivity index (χ2n) is 13.2. The van der Waals surface area contributed by atoms with Crippen molar-refractivity contribution in [2.24, 2.45) is 0 Å². The van der Waals surface area contributed by atoms with E-state index in [2.05, 4.69) is 156 Å². The molecule has 5 aromatic rings. The molecular formula is C39H25F18IO6S3. The lowest BCUT2D eigenvalue weighted by Crippen LogP contribution is -2.63. The van der Waals surface area contributed by atoms with E-state index in [1.54, 1.807) is 0 Å². The molecule has 0 aliphatic carbocycles. The molecule has 0 aliphatic heterocycles. The van der Waals surface area contributed by atoms with Crippen LogP contribution in [-0.2, 0) is 37.6 Å². The Bertz CT molecular complexity index is 2530. The topological polar surface area (TPSA) is 112 Å². The van der Waals surface area contributed by atoms with Crippen molar-refractivity contribution in [3.8, 4) is 11.1 Å². The average molecular weight is 1150 g/mol. The first-order chi connectivity index (χ1) is 30.3. The minimum Gasteiger partial charge on any atom is -0.743 e. The maximum Gasteiger partial charge on any atom is 0.460 e. The van der Waals surface area contributed by atoms with Crippen LogP contribution in [-0.4, -0.2) is 72.5 Å². The SMILES string of the molecule is Ic1ccccc1-c1ccc(Cc2ccc([S+](c3ccccc3)c3ccccc3)cc2)cc1.O=S(=O)(O)C(F)(F)C(F)(F)C(F)(F)C(F)(F)F.O=S(=O)([O-])C(F)(F)C(F)(F)C(F)(F)C(F)(F)F. The van der Waals surface area contributed by atoms with Crippen LogP contribution in [0.5, 0.6) is 0 Å². The predicted molar refractivity (Wildman–Crippen MR) is 212 cm³/mol. The third-order valence-corrected chi connectivity index (χ3v) is 13.5. The number of hydrogen-bond donors (Lipinski definition) is 1. The average Bonchev–Trinajstić information content (AvgIpc) is 3.21. The highest BCUT2D eigenvalue weighted by molar-refractivity contribution is 14.1. The van der Waals surface area contributed by atoms with Crippen molar-refractivity contribution in [1.82, 2.24) is 0 Å². The highest BCUT2D eigenvalue weighted by Gasteiger charge is 2.86. The minimum atomic E-state index is -7.43. The Morgan fingerprint density at radius 1 is 0.448 bits per heavy atom. The molecule has 0 saturated carbocycles. The van der Waals surface area contributed by atoms with E-state index >= 15 is 0 Å². The monoisotopic (exact) mass is 1150 g/mol. The molecule has 368 valence electrons. The van der Waals surface area contributed by atoms with Gasteiger partial charge in [-0.3, -0.25) is 4.55 Å². The first kappa shape index (κ1) is 57.1. The van der Waals surface area contributed by atoms with E-state index in [0.29, 0.717) is 0 Å². The smallest absolute Gasteiger partial charge is 0.460 e. The summed E-state index contributed by atoms with van der Waals surface area (Å²) in [6.07, 6.45) is -13.4. The Labute approximate surface area is 384 Å². The summed E-state index contributed by atoms with van der Waals surface area (Å²) in [5.74, 6) is -29.5. The molecular weight excluding hydrogens is 1130 g/mol. The van der Waals surface area contributed by atoms with Gasteiger partial charge in [0.1, 0.15) is 0 Å². The van der Waals surface area contributed by atoms with Crippen molar-refractivity contribution < 1.29 is 105 Å². The van der Waals surface area contributed by atoms with Gasteiger partial charge in [-0.1, -0.05) is 91.0 Å². The van der Waals surface area contributed by atoms with E-state index in [-0.39, 0.29) is 10.9 Å². The van der Waals surface area contributed by atoms with Gasteiger partial charge in [-0.05, 0) is 93.7 Å². The van der Waals surface area contributed by atoms with Gasteiger partial charge in [0.05, 0.1) is 10.9 Å². The highest BCUT2D eigenvalue weighted by Crippen LogP contribution is 2.55. The Kier molecular flexibility index (Phi) is 17.3. The first-order valence-corrected chi connectivity index (χ1v) is 22.5. The summed E-state index contributed by atoms with van der Waals surface area (Å²) in [4.78, 5) is 4.05. The van der Waals surface area contributed by atoms with Crippen molar-refractivity contribution in [3.05, 3.63) is 148 Å². The standard InChI is InChI=1S/C31H24IS.2C4HF9O3S/c32-31-14-8-7-13-30(31)26-19-15-24(16-20-26)23-25-17-21-29(22-18-25)33(27-9-3-1-4-10-27)28-11-5-2-6-12-28;2*5-1(6,3(9,10)11)2(7,8)4(12,13)17(14,15)16/h1-22H,23H2;2*(H,14,15,16)/q+1;;/p-1. The summed E-state index contributed by atoms with van der Waals surface area (Å²) in [5.41, 5.74) is 5.24. The van der Waals surface area contributed by atoms with Crippen molar-refractivity contribution in [1.29, 1.82) is 0 Å². The molecule has 67 heavy (non-hydrogen) atoms. The Morgan fingerprint density at radius 2 is 0.776 bits per heavy atom. The molecule has 5 aromatic carbocycles. The normalized spacial score (nSPS) is 13.6. The molecule has 0 aromatic heterocycles. The third-order valence-electron chi connectivity index (χ3n) is 8.53. The number of rotatable bonds is 12. The van der Waals surface area contributed by atoms with Crippen LogP contribution in [0.15, 0.2) is 148 Å². The van der Waals surface area contributed by atoms with E-state index in [0.717, 1.165) is 6.42 Å². The lowest BCUT2D eigenvalue weighted by atomic mass is 10.0. The van der Waals surface area contributed by atoms with Crippen LogP contribution < -0.4 is 0 Å². The number of hydrogen-bond acceptors (Lipinski definition) is 5. The summed E-state index contributed by atoms with van der Waals surface area (Å²) < 4.78 is 271. The lowest BCUT2D eigenvalue weighted by Gasteiger charge is -2.34. The van der Waals surface area contributed by atoms with Gasteiger partial charge in [0.2, 0.25) is 0 Å².